The van der Waals surface area contributed by atoms with Crippen molar-refractivity contribution in [1.29, 1.82) is 0 Å². The van der Waals surface area contributed by atoms with E-state index in [0.717, 1.165) is 5.56 Å². The standard InChI is InChI=1S/C31H35Cl2N3O6/c1-31(2,3)42-30(39)36(26-15-5-6-16-34-26)17-7-8-18-41-22-12-9-11-21(19-22)20-25(29(38)40-4)35-28(37)27-23(32)13-10-14-24(27)33/h5-6,9-16,19,25H,7-8,17-18,20H2,1-4H3,(H,35,37)/t25-/m0/s1. The fourth-order valence-electron chi connectivity index (χ4n) is 3.97. The van der Waals surface area contributed by atoms with Gasteiger partial charge in [0.15, 0.2) is 0 Å². The maximum absolute atomic E-state index is 12.9. The number of hydrogen-bond acceptors (Lipinski definition) is 7. The third kappa shape index (κ3) is 9.92. The summed E-state index contributed by atoms with van der Waals surface area (Å²) >= 11 is 12.3. The Balaban J connectivity index is 1.57. The molecule has 1 aromatic heterocycles. The Morgan fingerprint density at radius 3 is 2.33 bits per heavy atom. The van der Waals surface area contributed by atoms with Crippen molar-refractivity contribution in [3.63, 3.8) is 0 Å². The molecule has 42 heavy (non-hydrogen) atoms. The summed E-state index contributed by atoms with van der Waals surface area (Å²) in [7, 11) is 1.25. The minimum atomic E-state index is -0.976. The van der Waals surface area contributed by atoms with Gasteiger partial charge in [-0.05, 0) is 75.6 Å². The average Bonchev–Trinajstić information content (AvgIpc) is 2.93. The quantitative estimate of drug-likeness (QED) is 0.183. The van der Waals surface area contributed by atoms with Gasteiger partial charge in [0, 0.05) is 19.2 Å². The zero-order chi connectivity index (χ0) is 30.7. The lowest BCUT2D eigenvalue weighted by Gasteiger charge is -2.26. The Morgan fingerprint density at radius 2 is 1.69 bits per heavy atom. The molecule has 0 saturated heterocycles. The van der Waals surface area contributed by atoms with Crippen LogP contribution in [0.5, 0.6) is 5.75 Å². The molecule has 1 atom stereocenters. The van der Waals surface area contributed by atoms with Crippen molar-refractivity contribution in [3.05, 3.63) is 88.0 Å². The molecular formula is C31H35Cl2N3O6. The van der Waals surface area contributed by atoms with Crippen LogP contribution in [0.3, 0.4) is 0 Å². The number of amides is 2. The molecule has 224 valence electrons. The zero-order valence-electron chi connectivity index (χ0n) is 24.1. The number of nitrogens with one attached hydrogen (secondary N) is 1. The summed E-state index contributed by atoms with van der Waals surface area (Å²) in [6.07, 6.45) is 2.64. The molecule has 1 N–H and O–H groups in total. The fraction of sp³-hybridized carbons (Fsp3) is 0.355. The van der Waals surface area contributed by atoms with Crippen LogP contribution in [0.1, 0.15) is 49.5 Å². The molecule has 0 unspecified atom stereocenters. The predicted molar refractivity (Wildman–Crippen MR) is 162 cm³/mol. The van der Waals surface area contributed by atoms with E-state index in [1.165, 1.54) is 12.0 Å². The summed E-state index contributed by atoms with van der Waals surface area (Å²) in [5.74, 6) is -0.0745. The summed E-state index contributed by atoms with van der Waals surface area (Å²) in [6.45, 7) is 6.26. The van der Waals surface area contributed by atoms with Gasteiger partial charge >= 0.3 is 12.1 Å². The van der Waals surface area contributed by atoms with Gasteiger partial charge in [0.1, 0.15) is 23.2 Å². The number of aromatic nitrogens is 1. The Labute approximate surface area is 256 Å². The van der Waals surface area contributed by atoms with Crippen LogP contribution in [0.25, 0.3) is 0 Å². The molecule has 0 aliphatic heterocycles. The van der Waals surface area contributed by atoms with E-state index in [0.29, 0.717) is 37.6 Å². The summed E-state index contributed by atoms with van der Waals surface area (Å²) in [6, 6.07) is 16.3. The van der Waals surface area contributed by atoms with Crippen LogP contribution in [-0.2, 0) is 20.7 Å². The van der Waals surface area contributed by atoms with Crippen molar-refractivity contribution in [2.75, 3.05) is 25.2 Å². The Bertz CT molecular complexity index is 1340. The molecule has 0 bridgehead atoms. The number of nitrogens with zero attached hydrogens (tertiary/aromatic N) is 2. The molecule has 0 aliphatic rings. The second-order valence-corrected chi connectivity index (χ2v) is 11.2. The predicted octanol–water partition coefficient (Wildman–Crippen LogP) is 6.50. The van der Waals surface area contributed by atoms with Gasteiger partial charge in [-0.3, -0.25) is 9.69 Å². The lowest BCUT2D eigenvalue weighted by molar-refractivity contribution is -0.142. The van der Waals surface area contributed by atoms with E-state index >= 15 is 0 Å². The van der Waals surface area contributed by atoms with Crippen LogP contribution < -0.4 is 15.0 Å². The third-order valence-electron chi connectivity index (χ3n) is 5.90. The van der Waals surface area contributed by atoms with Crippen molar-refractivity contribution in [3.8, 4) is 5.75 Å². The molecule has 1 heterocycles. The average molecular weight is 617 g/mol. The van der Waals surface area contributed by atoms with Crippen molar-refractivity contribution in [2.45, 2.75) is 51.7 Å². The number of unbranched alkanes of at least 4 members (excludes halogenated alkanes) is 1. The van der Waals surface area contributed by atoms with Crippen LogP contribution >= 0.6 is 23.2 Å². The molecule has 0 aliphatic carbocycles. The largest absolute Gasteiger partial charge is 0.494 e. The second kappa shape index (κ2) is 15.4. The summed E-state index contributed by atoms with van der Waals surface area (Å²) < 4.78 is 16.4. The van der Waals surface area contributed by atoms with Gasteiger partial charge in [0.05, 0.1) is 29.3 Å². The van der Waals surface area contributed by atoms with E-state index in [1.54, 1.807) is 54.7 Å². The second-order valence-electron chi connectivity index (χ2n) is 10.4. The normalized spacial score (nSPS) is 11.8. The number of hydrogen-bond donors (Lipinski definition) is 1. The molecule has 0 spiro atoms. The van der Waals surface area contributed by atoms with E-state index in [-0.39, 0.29) is 22.0 Å². The number of pyridine rings is 1. The smallest absolute Gasteiger partial charge is 0.416 e. The number of rotatable bonds is 12. The summed E-state index contributed by atoms with van der Waals surface area (Å²) in [4.78, 5) is 44.0. The van der Waals surface area contributed by atoms with Gasteiger partial charge in [-0.2, -0.15) is 0 Å². The van der Waals surface area contributed by atoms with Gasteiger partial charge in [-0.25, -0.2) is 14.6 Å². The van der Waals surface area contributed by atoms with Crippen LogP contribution in [-0.4, -0.2) is 54.9 Å². The highest BCUT2D eigenvalue weighted by Gasteiger charge is 2.26. The first kappa shape index (κ1) is 32.7. The van der Waals surface area contributed by atoms with Crippen LogP contribution in [0, 0.1) is 0 Å². The van der Waals surface area contributed by atoms with Crippen molar-refractivity contribution in [2.24, 2.45) is 0 Å². The molecule has 2 amide bonds. The molecule has 9 nitrogen and oxygen atoms in total. The Kier molecular flexibility index (Phi) is 12.0. The number of anilines is 1. The van der Waals surface area contributed by atoms with Gasteiger partial charge in [0.2, 0.25) is 0 Å². The number of carbonyl (C=O) groups excluding carboxylic acids is 3. The highest BCUT2D eigenvalue weighted by Crippen LogP contribution is 2.25. The Morgan fingerprint density at radius 1 is 0.976 bits per heavy atom. The molecule has 2 aromatic carbocycles. The highest BCUT2D eigenvalue weighted by atomic mass is 35.5. The van der Waals surface area contributed by atoms with E-state index in [1.807, 2.05) is 32.9 Å². The van der Waals surface area contributed by atoms with Gasteiger partial charge in [-0.1, -0.05) is 47.5 Å². The van der Waals surface area contributed by atoms with E-state index in [4.69, 9.17) is 37.4 Å². The monoisotopic (exact) mass is 615 g/mol. The summed E-state index contributed by atoms with van der Waals surface area (Å²) in [5, 5.41) is 3.02. The highest BCUT2D eigenvalue weighted by molar-refractivity contribution is 6.39. The van der Waals surface area contributed by atoms with Crippen molar-refractivity contribution < 1.29 is 28.6 Å². The molecule has 0 fully saturated rings. The number of benzene rings is 2. The number of halogens is 2. The first-order chi connectivity index (χ1) is 20.0. The molecule has 3 rings (SSSR count). The van der Waals surface area contributed by atoms with Gasteiger partial charge in [-0.15, -0.1) is 0 Å². The minimum Gasteiger partial charge on any atom is -0.494 e. The SMILES string of the molecule is COC(=O)[C@H](Cc1cccc(OCCCCN(C(=O)OC(C)(C)C)c2ccccn2)c1)NC(=O)c1c(Cl)cccc1Cl. The van der Waals surface area contributed by atoms with Crippen LogP contribution in [0.2, 0.25) is 10.0 Å². The molecular weight excluding hydrogens is 581 g/mol. The van der Waals surface area contributed by atoms with Crippen LogP contribution in [0.4, 0.5) is 10.6 Å². The van der Waals surface area contributed by atoms with Gasteiger partial charge in [0.25, 0.3) is 5.91 Å². The van der Waals surface area contributed by atoms with Crippen LogP contribution in [0.15, 0.2) is 66.9 Å². The van der Waals surface area contributed by atoms with Crippen molar-refractivity contribution >= 4 is 47.0 Å². The number of methoxy groups -OCH3 is 1. The lowest BCUT2D eigenvalue weighted by Crippen LogP contribution is -2.43. The molecule has 11 heteroatoms. The lowest BCUT2D eigenvalue weighted by atomic mass is 10.0. The first-order valence-electron chi connectivity index (χ1n) is 13.4. The maximum atomic E-state index is 12.9. The fourth-order valence-corrected chi connectivity index (χ4v) is 4.54. The zero-order valence-corrected chi connectivity index (χ0v) is 25.6. The third-order valence-corrected chi connectivity index (χ3v) is 6.53. The van der Waals surface area contributed by atoms with E-state index in [2.05, 4.69) is 10.3 Å². The maximum Gasteiger partial charge on any atom is 0.416 e. The molecule has 3 aromatic rings. The number of carbonyl (C=O) groups is 3. The van der Waals surface area contributed by atoms with Crippen molar-refractivity contribution in [1.82, 2.24) is 10.3 Å². The van der Waals surface area contributed by atoms with E-state index < -0.39 is 29.6 Å². The topological polar surface area (TPSA) is 107 Å². The minimum absolute atomic E-state index is 0.0834. The van der Waals surface area contributed by atoms with Gasteiger partial charge < -0.3 is 19.5 Å². The first-order valence-corrected chi connectivity index (χ1v) is 14.2. The van der Waals surface area contributed by atoms with E-state index in [9.17, 15) is 14.4 Å². The number of ether oxygens (including phenoxy) is 3. The summed E-state index contributed by atoms with van der Waals surface area (Å²) in [5.41, 5.74) is 0.204. The number of esters is 1. The Hall–Kier alpha value is -3.82. The molecule has 0 radical (unpaired) electrons. The molecule has 0 saturated carbocycles.